The lowest BCUT2D eigenvalue weighted by Crippen LogP contribution is -2.52. The molecule has 6 N–H and O–H groups in total. The van der Waals surface area contributed by atoms with E-state index in [0.29, 0.717) is 0 Å². The van der Waals surface area contributed by atoms with E-state index < -0.39 is 138 Å². The fourth-order valence-electron chi connectivity index (χ4n) is 4.23. The first-order valence-electron chi connectivity index (χ1n) is 11.5. The summed E-state index contributed by atoms with van der Waals surface area (Å²) in [5.41, 5.74) is -2.84. The van der Waals surface area contributed by atoms with E-state index in [-0.39, 0.29) is 0 Å². The van der Waals surface area contributed by atoms with Crippen LogP contribution in [0.5, 0.6) is 0 Å². The molecule has 0 aliphatic heterocycles. The molecule has 0 radical (unpaired) electrons. The van der Waals surface area contributed by atoms with Crippen molar-refractivity contribution in [1.82, 2.24) is 0 Å². The minimum atomic E-state index is -2.52. The van der Waals surface area contributed by atoms with Crippen LogP contribution < -0.4 is 0 Å². The average Bonchev–Trinajstić information content (AvgIpc) is 2.94. The van der Waals surface area contributed by atoms with Crippen LogP contribution in [-0.4, -0.2) is 67.8 Å². The molecule has 6 nitrogen and oxygen atoms in total. The molecule has 0 bridgehead atoms. The van der Waals surface area contributed by atoms with Crippen molar-refractivity contribution in [2.45, 2.75) is 56.7 Å². The molecule has 0 aromatic heterocycles. The molecule has 0 saturated heterocycles. The van der Waals surface area contributed by atoms with E-state index in [1.807, 2.05) is 0 Å². The second-order valence-corrected chi connectivity index (χ2v) is 9.32. The summed E-state index contributed by atoms with van der Waals surface area (Å²) in [6, 6.07) is 0. The van der Waals surface area contributed by atoms with E-state index in [1.54, 1.807) is 0 Å². The summed E-state index contributed by atoms with van der Waals surface area (Å²) < 4.78 is 138. The van der Waals surface area contributed by atoms with Crippen LogP contribution in [0.4, 0.5) is 43.9 Å². The van der Waals surface area contributed by atoms with Crippen LogP contribution in [0.15, 0.2) is 0 Å². The Hall–Kier alpha value is -2.50. The van der Waals surface area contributed by atoms with Crippen LogP contribution in [0.2, 0.25) is 0 Å². The van der Waals surface area contributed by atoms with Gasteiger partial charge in [0.2, 0.25) is 11.6 Å². The molecular weight excluding hydrogens is 574 g/mol. The predicted octanol–water partition coefficient (Wildman–Crippen LogP) is 2.30. The maximum Gasteiger partial charge on any atom is 0.200 e. The number of aliphatic hydroxyl groups is 6. The van der Waals surface area contributed by atoms with Crippen LogP contribution in [0, 0.1) is 70.0 Å². The molecule has 16 heteroatoms. The summed E-state index contributed by atoms with van der Waals surface area (Å²) in [6.45, 7) is -0.0581. The number of halogens is 10. The third kappa shape index (κ3) is 6.69. The Bertz CT molecular complexity index is 1160. The Morgan fingerprint density at radius 1 is 0.475 bits per heavy atom. The molecule has 0 amide bonds. The summed E-state index contributed by atoms with van der Waals surface area (Å²) in [5, 5.41) is 59.2. The lowest BCUT2D eigenvalue weighted by Gasteiger charge is -2.34. The van der Waals surface area contributed by atoms with Crippen molar-refractivity contribution in [3.63, 3.8) is 0 Å². The number of rotatable bonds is 12. The Morgan fingerprint density at radius 2 is 0.800 bits per heavy atom. The van der Waals surface area contributed by atoms with Gasteiger partial charge in [0.15, 0.2) is 46.5 Å². The van der Waals surface area contributed by atoms with E-state index in [0.717, 1.165) is 6.92 Å². The zero-order chi connectivity index (χ0) is 30.8. The fourth-order valence-corrected chi connectivity index (χ4v) is 4.23. The van der Waals surface area contributed by atoms with Crippen LogP contribution >= 0.6 is 0 Å². The summed E-state index contributed by atoms with van der Waals surface area (Å²) in [6.07, 6.45) is -14.8. The third-order valence-corrected chi connectivity index (χ3v) is 6.44. The van der Waals surface area contributed by atoms with Gasteiger partial charge in [0.05, 0.1) is 12.7 Å². The topological polar surface area (TPSA) is 121 Å². The van der Waals surface area contributed by atoms with Gasteiger partial charge in [-0.25, -0.2) is 43.9 Å². The molecule has 0 aliphatic rings. The lowest BCUT2D eigenvalue weighted by molar-refractivity contribution is -0.149. The predicted molar refractivity (Wildman–Crippen MR) is 114 cm³/mol. The number of benzene rings is 2. The van der Waals surface area contributed by atoms with Crippen LogP contribution in [0.3, 0.4) is 0 Å². The summed E-state index contributed by atoms with van der Waals surface area (Å²) in [4.78, 5) is 0. The van der Waals surface area contributed by atoms with Gasteiger partial charge in [-0.2, -0.15) is 0 Å². The lowest BCUT2D eigenvalue weighted by atomic mass is 9.80. The molecule has 226 valence electrons. The van der Waals surface area contributed by atoms with Crippen molar-refractivity contribution >= 4 is 0 Å². The standard InChI is InChI=1S/C24H24F10O6/c1-6(3-8-11(25)15(29)19(33)16(30)12(8)26)2-7(21(37)23(39)24(40)22(38)10(36)5-35)4-9-13(27)17(31)20(34)18(32)14(9)28/h6-7,10,21-24,35-40H,2-5H2,1H3/t6?,7?,10-,21?,22+,23+,24-/m0/s1. The highest BCUT2D eigenvalue weighted by atomic mass is 19.2. The molecule has 40 heavy (non-hydrogen) atoms. The van der Waals surface area contributed by atoms with Crippen molar-refractivity contribution < 1.29 is 74.5 Å². The first kappa shape index (κ1) is 33.7. The molecule has 2 aromatic carbocycles. The largest absolute Gasteiger partial charge is 0.394 e. The Labute approximate surface area is 219 Å². The normalized spacial score (nSPS) is 17.3. The van der Waals surface area contributed by atoms with Gasteiger partial charge >= 0.3 is 0 Å². The fraction of sp³-hybridized carbons (Fsp3) is 0.500. The molecule has 0 fully saturated rings. The maximum absolute atomic E-state index is 14.3. The molecule has 7 atom stereocenters. The first-order chi connectivity index (χ1) is 18.5. The second kappa shape index (κ2) is 13.4. The van der Waals surface area contributed by atoms with Crippen LogP contribution in [-0.2, 0) is 12.8 Å². The van der Waals surface area contributed by atoms with E-state index in [9.17, 15) is 69.4 Å². The zero-order valence-corrected chi connectivity index (χ0v) is 20.3. The van der Waals surface area contributed by atoms with Gasteiger partial charge in [0.1, 0.15) is 24.4 Å². The van der Waals surface area contributed by atoms with E-state index in [4.69, 9.17) is 5.11 Å². The minimum Gasteiger partial charge on any atom is -0.394 e. The molecule has 2 aromatic rings. The molecule has 0 spiro atoms. The molecule has 3 unspecified atom stereocenters. The highest BCUT2D eigenvalue weighted by Gasteiger charge is 2.39. The van der Waals surface area contributed by atoms with Crippen molar-refractivity contribution in [2.75, 3.05) is 6.61 Å². The minimum absolute atomic E-state index is 0.761. The Morgan fingerprint density at radius 3 is 1.18 bits per heavy atom. The molecule has 0 saturated carbocycles. The van der Waals surface area contributed by atoms with Gasteiger partial charge in [-0.3, -0.25) is 0 Å². The summed E-state index contributed by atoms with van der Waals surface area (Å²) >= 11 is 0. The van der Waals surface area contributed by atoms with Crippen LogP contribution in [0.25, 0.3) is 0 Å². The van der Waals surface area contributed by atoms with Gasteiger partial charge in [-0.1, -0.05) is 6.92 Å². The smallest absolute Gasteiger partial charge is 0.200 e. The summed E-state index contributed by atoms with van der Waals surface area (Å²) in [5.74, 6) is -26.6. The number of hydrogen-bond acceptors (Lipinski definition) is 6. The second-order valence-electron chi connectivity index (χ2n) is 9.32. The molecular formula is C24H24F10O6. The number of aliphatic hydroxyl groups excluding tert-OH is 6. The van der Waals surface area contributed by atoms with E-state index in [2.05, 4.69) is 0 Å². The monoisotopic (exact) mass is 598 g/mol. The average molecular weight is 598 g/mol. The van der Waals surface area contributed by atoms with Gasteiger partial charge in [-0.15, -0.1) is 0 Å². The van der Waals surface area contributed by atoms with E-state index in [1.165, 1.54) is 0 Å². The highest BCUT2D eigenvalue weighted by molar-refractivity contribution is 5.26. The van der Waals surface area contributed by atoms with Crippen molar-refractivity contribution in [2.24, 2.45) is 11.8 Å². The van der Waals surface area contributed by atoms with E-state index >= 15 is 0 Å². The van der Waals surface area contributed by atoms with Crippen molar-refractivity contribution in [3.05, 3.63) is 69.3 Å². The SMILES string of the molecule is CC(Cc1c(F)c(F)c(F)c(F)c1F)CC(Cc1c(F)c(F)c(F)c(F)c1F)C(O)[C@@H](O)[C@@H](O)[C@H](O)[C@@H](O)CO. The Kier molecular flexibility index (Phi) is 11.3. The first-order valence-corrected chi connectivity index (χ1v) is 11.5. The van der Waals surface area contributed by atoms with Crippen LogP contribution in [0.1, 0.15) is 24.5 Å². The summed E-state index contributed by atoms with van der Waals surface area (Å²) in [7, 11) is 0. The Balaban J connectivity index is 2.50. The van der Waals surface area contributed by atoms with Gasteiger partial charge < -0.3 is 30.6 Å². The van der Waals surface area contributed by atoms with Crippen molar-refractivity contribution in [1.29, 1.82) is 0 Å². The highest BCUT2D eigenvalue weighted by Crippen LogP contribution is 2.32. The molecule has 2 rings (SSSR count). The molecule has 0 heterocycles. The zero-order valence-electron chi connectivity index (χ0n) is 20.3. The van der Waals surface area contributed by atoms with Crippen molar-refractivity contribution in [3.8, 4) is 0 Å². The molecule has 0 aliphatic carbocycles. The number of hydrogen-bond donors (Lipinski definition) is 6. The van der Waals surface area contributed by atoms with Gasteiger partial charge in [0.25, 0.3) is 0 Å². The van der Waals surface area contributed by atoms with Gasteiger partial charge in [0, 0.05) is 11.1 Å². The van der Waals surface area contributed by atoms with Gasteiger partial charge in [-0.05, 0) is 31.1 Å². The maximum atomic E-state index is 14.3. The quantitative estimate of drug-likeness (QED) is 0.127. The third-order valence-electron chi connectivity index (χ3n) is 6.44.